The molecule has 2 rings (SSSR count). The van der Waals surface area contributed by atoms with E-state index in [1.165, 1.54) is 51.4 Å². The SMILES string of the molecule is CNCC1(OCC2CCCCO2)CCCCC1. The lowest BCUT2D eigenvalue weighted by Gasteiger charge is -2.38. The van der Waals surface area contributed by atoms with Crippen molar-refractivity contribution in [2.75, 3.05) is 26.8 Å². The van der Waals surface area contributed by atoms with Crippen molar-refractivity contribution in [3.63, 3.8) is 0 Å². The van der Waals surface area contributed by atoms with Gasteiger partial charge in [-0.15, -0.1) is 0 Å². The van der Waals surface area contributed by atoms with Gasteiger partial charge < -0.3 is 14.8 Å². The van der Waals surface area contributed by atoms with E-state index in [0.29, 0.717) is 6.10 Å². The van der Waals surface area contributed by atoms with E-state index in [4.69, 9.17) is 9.47 Å². The minimum atomic E-state index is 0.0911. The first-order chi connectivity index (χ1) is 8.35. The predicted molar refractivity (Wildman–Crippen MR) is 69.3 cm³/mol. The molecule has 1 unspecified atom stereocenters. The van der Waals surface area contributed by atoms with E-state index in [-0.39, 0.29) is 5.60 Å². The highest BCUT2D eigenvalue weighted by Gasteiger charge is 2.33. The van der Waals surface area contributed by atoms with Gasteiger partial charge >= 0.3 is 0 Å². The Morgan fingerprint density at radius 1 is 1.18 bits per heavy atom. The molecule has 2 aliphatic rings. The maximum atomic E-state index is 6.26. The summed E-state index contributed by atoms with van der Waals surface area (Å²) in [5, 5.41) is 3.30. The van der Waals surface area contributed by atoms with Crippen molar-refractivity contribution in [3.8, 4) is 0 Å². The molecule has 0 amide bonds. The molecule has 17 heavy (non-hydrogen) atoms. The molecule has 3 nitrogen and oxygen atoms in total. The highest BCUT2D eigenvalue weighted by atomic mass is 16.5. The van der Waals surface area contributed by atoms with E-state index in [1.807, 2.05) is 7.05 Å². The van der Waals surface area contributed by atoms with Crippen LogP contribution in [0.15, 0.2) is 0 Å². The van der Waals surface area contributed by atoms with Gasteiger partial charge in [0.25, 0.3) is 0 Å². The zero-order valence-corrected chi connectivity index (χ0v) is 11.2. The average Bonchev–Trinajstić information content (AvgIpc) is 2.39. The molecule has 3 heteroatoms. The van der Waals surface area contributed by atoms with Gasteiger partial charge in [-0.2, -0.15) is 0 Å². The monoisotopic (exact) mass is 241 g/mol. The summed E-state index contributed by atoms with van der Waals surface area (Å²) in [6.45, 7) is 2.70. The lowest BCUT2D eigenvalue weighted by Crippen LogP contribution is -2.45. The quantitative estimate of drug-likeness (QED) is 0.802. The van der Waals surface area contributed by atoms with Crippen LogP contribution in [0.4, 0.5) is 0 Å². The molecule has 0 bridgehead atoms. The van der Waals surface area contributed by atoms with Crippen molar-refractivity contribution in [1.82, 2.24) is 5.32 Å². The first-order valence-electron chi connectivity index (χ1n) is 7.25. The van der Waals surface area contributed by atoms with Crippen molar-refractivity contribution in [3.05, 3.63) is 0 Å². The largest absolute Gasteiger partial charge is 0.376 e. The van der Waals surface area contributed by atoms with Crippen LogP contribution >= 0.6 is 0 Å². The molecule has 0 aromatic rings. The number of rotatable bonds is 5. The molecule has 1 aliphatic carbocycles. The van der Waals surface area contributed by atoms with Crippen molar-refractivity contribution in [2.45, 2.75) is 63.1 Å². The molecule has 0 aromatic heterocycles. The third kappa shape index (κ3) is 3.94. The summed E-state index contributed by atoms with van der Waals surface area (Å²) in [4.78, 5) is 0. The molecular weight excluding hydrogens is 214 g/mol. The Bertz CT molecular complexity index is 203. The second kappa shape index (κ2) is 6.72. The highest BCUT2D eigenvalue weighted by molar-refractivity contribution is 4.86. The van der Waals surface area contributed by atoms with Gasteiger partial charge in [0.15, 0.2) is 0 Å². The third-order valence-corrected chi connectivity index (χ3v) is 4.11. The summed E-state index contributed by atoms with van der Waals surface area (Å²) in [5.41, 5.74) is 0.0911. The molecule has 0 aromatic carbocycles. The molecule has 1 atom stereocenters. The Morgan fingerprint density at radius 2 is 2.00 bits per heavy atom. The molecule has 0 spiro atoms. The van der Waals surface area contributed by atoms with Gasteiger partial charge in [-0.3, -0.25) is 0 Å². The van der Waals surface area contributed by atoms with Crippen LogP contribution < -0.4 is 5.32 Å². The fraction of sp³-hybridized carbons (Fsp3) is 1.00. The molecule has 1 heterocycles. The van der Waals surface area contributed by atoms with Crippen LogP contribution in [0.3, 0.4) is 0 Å². The van der Waals surface area contributed by atoms with E-state index in [1.54, 1.807) is 0 Å². The number of ether oxygens (including phenoxy) is 2. The van der Waals surface area contributed by atoms with Gasteiger partial charge in [0, 0.05) is 13.2 Å². The van der Waals surface area contributed by atoms with Gasteiger partial charge in [-0.25, -0.2) is 0 Å². The highest BCUT2D eigenvalue weighted by Crippen LogP contribution is 2.31. The summed E-state index contributed by atoms with van der Waals surface area (Å²) in [6.07, 6.45) is 10.5. The zero-order chi connectivity index (χ0) is 12.0. The Hall–Kier alpha value is -0.120. The van der Waals surface area contributed by atoms with Crippen LogP contribution in [-0.4, -0.2) is 38.5 Å². The minimum Gasteiger partial charge on any atom is -0.376 e. The fourth-order valence-corrected chi connectivity index (χ4v) is 3.10. The second-order valence-electron chi connectivity index (χ2n) is 5.57. The van der Waals surface area contributed by atoms with Gasteiger partial charge in [0.2, 0.25) is 0 Å². The lowest BCUT2D eigenvalue weighted by atomic mass is 9.84. The zero-order valence-electron chi connectivity index (χ0n) is 11.2. The van der Waals surface area contributed by atoms with Crippen LogP contribution in [0.2, 0.25) is 0 Å². The van der Waals surface area contributed by atoms with E-state index in [9.17, 15) is 0 Å². The average molecular weight is 241 g/mol. The van der Waals surface area contributed by atoms with Crippen LogP contribution in [-0.2, 0) is 9.47 Å². The molecule has 1 aliphatic heterocycles. The van der Waals surface area contributed by atoms with E-state index >= 15 is 0 Å². The Labute approximate surface area is 105 Å². The molecule has 1 N–H and O–H groups in total. The summed E-state index contributed by atoms with van der Waals surface area (Å²) in [5.74, 6) is 0. The van der Waals surface area contributed by atoms with Crippen molar-refractivity contribution in [2.24, 2.45) is 0 Å². The Morgan fingerprint density at radius 3 is 2.65 bits per heavy atom. The van der Waals surface area contributed by atoms with Crippen molar-refractivity contribution >= 4 is 0 Å². The second-order valence-corrected chi connectivity index (χ2v) is 5.57. The maximum absolute atomic E-state index is 6.26. The van der Waals surface area contributed by atoms with Crippen molar-refractivity contribution in [1.29, 1.82) is 0 Å². The van der Waals surface area contributed by atoms with Gasteiger partial charge in [0.05, 0.1) is 18.3 Å². The Balaban J connectivity index is 1.79. The van der Waals surface area contributed by atoms with Gasteiger partial charge in [-0.05, 0) is 39.2 Å². The van der Waals surface area contributed by atoms with Crippen LogP contribution in [0.1, 0.15) is 51.4 Å². The lowest BCUT2D eigenvalue weighted by molar-refractivity contribution is -0.119. The van der Waals surface area contributed by atoms with Gasteiger partial charge in [-0.1, -0.05) is 19.3 Å². The number of hydrogen-bond acceptors (Lipinski definition) is 3. The molecule has 1 saturated carbocycles. The molecular formula is C14H27NO2. The summed E-state index contributed by atoms with van der Waals surface area (Å²) < 4.78 is 12.0. The number of hydrogen-bond donors (Lipinski definition) is 1. The van der Waals surface area contributed by atoms with E-state index in [2.05, 4.69) is 5.32 Å². The molecule has 0 radical (unpaired) electrons. The smallest absolute Gasteiger partial charge is 0.0808 e. The fourth-order valence-electron chi connectivity index (χ4n) is 3.10. The topological polar surface area (TPSA) is 30.5 Å². The normalized spacial score (nSPS) is 29.1. The van der Waals surface area contributed by atoms with Crippen LogP contribution in [0.5, 0.6) is 0 Å². The van der Waals surface area contributed by atoms with Crippen molar-refractivity contribution < 1.29 is 9.47 Å². The number of nitrogens with one attached hydrogen (secondary N) is 1. The van der Waals surface area contributed by atoms with E-state index < -0.39 is 0 Å². The van der Waals surface area contributed by atoms with Gasteiger partial charge in [0.1, 0.15) is 0 Å². The predicted octanol–water partition coefficient (Wildman–Crippen LogP) is 2.49. The minimum absolute atomic E-state index is 0.0911. The standard InChI is InChI=1S/C14H27NO2/c1-15-12-14(8-4-2-5-9-14)17-11-13-7-3-6-10-16-13/h13,15H,2-12H2,1H3. The summed E-state index contributed by atoms with van der Waals surface area (Å²) >= 11 is 0. The maximum Gasteiger partial charge on any atom is 0.0808 e. The summed E-state index contributed by atoms with van der Waals surface area (Å²) in [6, 6.07) is 0. The van der Waals surface area contributed by atoms with Crippen LogP contribution in [0.25, 0.3) is 0 Å². The molecule has 1 saturated heterocycles. The van der Waals surface area contributed by atoms with Crippen LogP contribution in [0, 0.1) is 0 Å². The Kier molecular flexibility index (Phi) is 5.26. The van der Waals surface area contributed by atoms with E-state index in [0.717, 1.165) is 19.8 Å². The molecule has 100 valence electrons. The summed E-state index contributed by atoms with van der Waals surface area (Å²) in [7, 11) is 2.02. The first-order valence-corrected chi connectivity index (χ1v) is 7.25. The third-order valence-electron chi connectivity index (χ3n) is 4.11. The molecule has 2 fully saturated rings. The number of likely N-dealkylation sites (N-methyl/N-ethyl adjacent to an activating group) is 1. The first kappa shape index (κ1) is 13.3.